The Labute approximate surface area is 202 Å². The van der Waals surface area contributed by atoms with Crippen molar-refractivity contribution in [1.82, 2.24) is 34.3 Å². The molecule has 0 bridgehead atoms. The fourth-order valence-corrected chi connectivity index (χ4v) is 4.69. The largest absolute Gasteiger partial charge is 0.351 e. The van der Waals surface area contributed by atoms with E-state index in [1.165, 1.54) is 18.6 Å². The van der Waals surface area contributed by atoms with Gasteiger partial charge in [0.2, 0.25) is 5.95 Å². The fourth-order valence-electron chi connectivity index (χ4n) is 4.37. The molecule has 5 rings (SSSR count). The molecule has 34 heavy (non-hydrogen) atoms. The Bertz CT molecular complexity index is 1360. The summed E-state index contributed by atoms with van der Waals surface area (Å²) in [4.78, 5) is 17.8. The van der Waals surface area contributed by atoms with E-state index in [9.17, 15) is 14.0 Å². The molecular formula is C22H20BrF2N9. The van der Waals surface area contributed by atoms with Gasteiger partial charge in [-0.1, -0.05) is 0 Å². The average Bonchev–Trinajstić information content (AvgIpc) is 3.45. The van der Waals surface area contributed by atoms with Gasteiger partial charge in [0.15, 0.2) is 5.65 Å². The van der Waals surface area contributed by atoms with Crippen LogP contribution in [0.2, 0.25) is 0 Å². The highest BCUT2D eigenvalue weighted by Crippen LogP contribution is 2.32. The highest BCUT2D eigenvalue weighted by atomic mass is 79.9. The summed E-state index contributed by atoms with van der Waals surface area (Å²) < 4.78 is 29.5. The summed E-state index contributed by atoms with van der Waals surface area (Å²) in [5.74, 6) is 0.388. The molecule has 0 amide bonds. The topological polar surface area (TPSA) is 110 Å². The van der Waals surface area contributed by atoms with Crippen LogP contribution in [0.5, 0.6) is 0 Å². The first-order valence-electron chi connectivity index (χ1n) is 10.8. The number of hydrogen-bond donors (Lipinski definition) is 1. The molecule has 2 atom stereocenters. The molecule has 1 aliphatic rings. The lowest BCUT2D eigenvalue weighted by molar-refractivity contribution is 0.122. The number of nitrogens with one attached hydrogen (secondary N) is 1. The zero-order valence-electron chi connectivity index (χ0n) is 17.9. The number of nitriles is 1. The van der Waals surface area contributed by atoms with Crippen LogP contribution in [-0.4, -0.2) is 46.8 Å². The highest BCUT2D eigenvalue weighted by Gasteiger charge is 2.26. The first-order valence-corrected chi connectivity index (χ1v) is 11.6. The van der Waals surface area contributed by atoms with Gasteiger partial charge in [0.05, 0.1) is 30.0 Å². The maximum Gasteiger partial charge on any atom is 0.257 e. The summed E-state index contributed by atoms with van der Waals surface area (Å²) >= 11 is 3.43. The number of fused-ring (bicyclic) bond motifs is 1. The van der Waals surface area contributed by atoms with Crippen molar-refractivity contribution in [2.75, 3.05) is 5.32 Å². The second-order valence-corrected chi connectivity index (χ2v) is 9.14. The zero-order valence-corrected chi connectivity index (χ0v) is 19.5. The van der Waals surface area contributed by atoms with Crippen molar-refractivity contribution in [2.45, 2.75) is 50.7 Å². The van der Waals surface area contributed by atoms with Crippen LogP contribution in [0.3, 0.4) is 0 Å². The van der Waals surface area contributed by atoms with Crippen molar-refractivity contribution in [3.63, 3.8) is 0 Å². The van der Waals surface area contributed by atoms with Crippen molar-refractivity contribution < 1.29 is 8.78 Å². The lowest BCUT2D eigenvalue weighted by atomic mass is 9.91. The standard InChI is InChI=1S/C22H20BrF2N9/c23-15-4-18-21(27-9-15)34(12-29-18)17-3-1-2-16(5-17)31-22-28-7-13(6-26)20(32-22)14-8-30-33(10-14)11-19(24)25/h4,7-10,12,16-17,19H,1-3,5,11H2,(H,28,31,32)/t16-,17+/m1/s1. The van der Waals surface area contributed by atoms with Gasteiger partial charge in [-0.05, 0) is 47.7 Å². The molecule has 0 aromatic carbocycles. The van der Waals surface area contributed by atoms with Gasteiger partial charge in [0.1, 0.15) is 18.1 Å². The van der Waals surface area contributed by atoms with Crippen molar-refractivity contribution in [1.29, 1.82) is 5.26 Å². The summed E-state index contributed by atoms with van der Waals surface area (Å²) in [7, 11) is 0. The zero-order chi connectivity index (χ0) is 23.7. The third-order valence-corrected chi connectivity index (χ3v) is 6.33. The van der Waals surface area contributed by atoms with E-state index < -0.39 is 13.0 Å². The fraction of sp³-hybridized carbons (Fsp3) is 0.364. The van der Waals surface area contributed by atoms with Crippen LogP contribution in [0.15, 0.2) is 41.7 Å². The smallest absolute Gasteiger partial charge is 0.257 e. The lowest BCUT2D eigenvalue weighted by Gasteiger charge is -2.30. The number of anilines is 1. The molecule has 12 heteroatoms. The second kappa shape index (κ2) is 9.42. The Hall–Kier alpha value is -3.46. The van der Waals surface area contributed by atoms with Gasteiger partial charge in [0.25, 0.3) is 6.43 Å². The number of nitrogens with zero attached hydrogens (tertiary/aromatic N) is 8. The Morgan fingerprint density at radius 1 is 1.21 bits per heavy atom. The van der Waals surface area contributed by atoms with Gasteiger partial charge in [-0.3, -0.25) is 4.68 Å². The molecule has 0 spiro atoms. The van der Waals surface area contributed by atoms with E-state index in [-0.39, 0.29) is 17.6 Å². The van der Waals surface area contributed by atoms with Crippen molar-refractivity contribution in [3.8, 4) is 17.3 Å². The van der Waals surface area contributed by atoms with Crippen molar-refractivity contribution in [3.05, 3.63) is 47.2 Å². The van der Waals surface area contributed by atoms with Crippen molar-refractivity contribution >= 4 is 33.0 Å². The van der Waals surface area contributed by atoms with Crippen LogP contribution < -0.4 is 5.32 Å². The normalized spacial score (nSPS) is 18.3. The van der Waals surface area contributed by atoms with Crippen molar-refractivity contribution in [2.24, 2.45) is 0 Å². The first kappa shape index (κ1) is 22.3. The number of rotatable bonds is 6. The Kier molecular flexibility index (Phi) is 6.19. The van der Waals surface area contributed by atoms with E-state index in [4.69, 9.17) is 0 Å². The minimum absolute atomic E-state index is 0.119. The van der Waals surface area contributed by atoms with Crippen LogP contribution in [0, 0.1) is 11.3 Å². The maximum atomic E-state index is 12.7. The third-order valence-electron chi connectivity index (χ3n) is 5.89. The van der Waals surface area contributed by atoms with Gasteiger partial charge < -0.3 is 9.88 Å². The number of halogens is 3. The molecule has 1 saturated carbocycles. The predicted octanol–water partition coefficient (Wildman–Crippen LogP) is 4.58. The SMILES string of the molecule is N#Cc1cnc(N[C@@H]2CCC[C@H](n3cnc4cc(Br)cnc43)C2)nc1-c1cnn(CC(F)F)c1. The molecule has 1 aliphatic carbocycles. The molecule has 1 fully saturated rings. The van der Waals surface area contributed by atoms with E-state index in [1.807, 2.05) is 12.4 Å². The number of alkyl halides is 2. The van der Waals surface area contributed by atoms with Gasteiger partial charge >= 0.3 is 0 Å². The molecule has 4 aromatic rings. The Morgan fingerprint density at radius 2 is 2.09 bits per heavy atom. The van der Waals surface area contributed by atoms with Crippen LogP contribution in [0.4, 0.5) is 14.7 Å². The van der Waals surface area contributed by atoms with Gasteiger partial charge in [-0.25, -0.2) is 28.7 Å². The van der Waals surface area contributed by atoms with Gasteiger partial charge in [-0.15, -0.1) is 0 Å². The maximum absolute atomic E-state index is 12.7. The number of imidazole rings is 1. The molecule has 174 valence electrons. The second-order valence-electron chi connectivity index (χ2n) is 8.22. The minimum atomic E-state index is -2.52. The third kappa shape index (κ3) is 4.61. The molecule has 4 aromatic heterocycles. The van der Waals surface area contributed by atoms with Gasteiger partial charge in [0, 0.05) is 34.5 Å². The van der Waals surface area contributed by atoms with Crippen LogP contribution in [0.1, 0.15) is 37.3 Å². The Morgan fingerprint density at radius 3 is 2.91 bits per heavy atom. The molecular weight excluding hydrogens is 508 g/mol. The minimum Gasteiger partial charge on any atom is -0.351 e. The first-order chi connectivity index (χ1) is 16.5. The molecule has 0 unspecified atom stereocenters. The van der Waals surface area contributed by atoms with Crippen LogP contribution >= 0.6 is 15.9 Å². The van der Waals surface area contributed by atoms with E-state index in [2.05, 4.69) is 56.9 Å². The molecule has 9 nitrogen and oxygen atoms in total. The quantitative estimate of drug-likeness (QED) is 0.390. The molecule has 4 heterocycles. The monoisotopic (exact) mass is 527 g/mol. The molecule has 1 N–H and O–H groups in total. The summed E-state index contributed by atoms with van der Waals surface area (Å²) in [6.45, 7) is -0.518. The highest BCUT2D eigenvalue weighted by molar-refractivity contribution is 9.10. The molecule has 0 saturated heterocycles. The van der Waals surface area contributed by atoms with E-state index >= 15 is 0 Å². The number of aromatic nitrogens is 7. The Balaban J connectivity index is 1.35. The summed E-state index contributed by atoms with van der Waals surface area (Å²) in [5, 5.41) is 16.8. The number of hydrogen-bond acceptors (Lipinski definition) is 7. The predicted molar refractivity (Wildman–Crippen MR) is 124 cm³/mol. The van der Waals surface area contributed by atoms with Crippen LogP contribution in [-0.2, 0) is 6.54 Å². The van der Waals surface area contributed by atoms with Gasteiger partial charge in [-0.2, -0.15) is 10.4 Å². The van der Waals surface area contributed by atoms with E-state index in [0.29, 0.717) is 17.2 Å². The summed E-state index contributed by atoms with van der Waals surface area (Å²) in [6, 6.07) is 4.37. The van der Waals surface area contributed by atoms with Crippen LogP contribution in [0.25, 0.3) is 22.4 Å². The number of pyridine rings is 1. The summed E-state index contributed by atoms with van der Waals surface area (Å²) in [6.07, 6.45) is 9.26. The summed E-state index contributed by atoms with van der Waals surface area (Å²) in [5.41, 5.74) is 2.81. The molecule has 0 aliphatic heterocycles. The molecule has 0 radical (unpaired) electrons. The average molecular weight is 528 g/mol. The van der Waals surface area contributed by atoms with E-state index in [0.717, 1.165) is 46.0 Å². The lowest BCUT2D eigenvalue weighted by Crippen LogP contribution is -2.29. The van der Waals surface area contributed by atoms with E-state index in [1.54, 1.807) is 6.20 Å².